The quantitative estimate of drug-likeness (QED) is 0.257. The van der Waals surface area contributed by atoms with Gasteiger partial charge in [0.25, 0.3) is 0 Å². The van der Waals surface area contributed by atoms with Gasteiger partial charge in [-0.2, -0.15) is 0 Å². The Morgan fingerprint density at radius 3 is 2.59 bits per heavy atom. The molecule has 0 atom stereocenters. The number of hydrogen-bond donors (Lipinski definition) is 2. The standard InChI is InChI=1S/C21H34N4O.HI/c1-17-5-3-4-6-19(17)15-25-12-9-20(10-13-25)24-21(22-2)23-11-14-26-16-18-7-8-18;/h3-6,18,20H,7-16H2,1-2H3,(H2,22,23,24);1H. The van der Waals surface area contributed by atoms with E-state index in [1.807, 2.05) is 7.05 Å². The lowest BCUT2D eigenvalue weighted by Gasteiger charge is -2.33. The summed E-state index contributed by atoms with van der Waals surface area (Å²) in [5, 5.41) is 6.94. The molecule has 1 aliphatic carbocycles. The molecule has 0 spiro atoms. The van der Waals surface area contributed by atoms with Crippen molar-refractivity contribution in [1.82, 2.24) is 15.5 Å². The van der Waals surface area contributed by atoms with Crippen molar-refractivity contribution in [2.24, 2.45) is 10.9 Å². The number of aryl methyl sites for hydroxylation is 1. The summed E-state index contributed by atoms with van der Waals surface area (Å²) >= 11 is 0. The van der Waals surface area contributed by atoms with Crippen LogP contribution in [-0.2, 0) is 11.3 Å². The Morgan fingerprint density at radius 2 is 1.93 bits per heavy atom. The van der Waals surface area contributed by atoms with Crippen molar-refractivity contribution in [2.75, 3.05) is 39.9 Å². The molecule has 1 saturated carbocycles. The van der Waals surface area contributed by atoms with E-state index in [9.17, 15) is 0 Å². The summed E-state index contributed by atoms with van der Waals surface area (Å²) in [5.74, 6) is 1.73. The van der Waals surface area contributed by atoms with E-state index in [4.69, 9.17) is 4.74 Å². The summed E-state index contributed by atoms with van der Waals surface area (Å²) in [7, 11) is 1.84. The molecule has 2 aliphatic rings. The second-order valence-electron chi connectivity index (χ2n) is 7.64. The predicted octanol–water partition coefficient (Wildman–Crippen LogP) is 3.17. The first-order valence-corrected chi connectivity index (χ1v) is 10.1. The number of ether oxygens (including phenoxy) is 1. The third-order valence-electron chi connectivity index (χ3n) is 5.40. The van der Waals surface area contributed by atoms with Crippen LogP contribution in [0.1, 0.15) is 36.8 Å². The van der Waals surface area contributed by atoms with Gasteiger partial charge in [0.2, 0.25) is 0 Å². The molecule has 152 valence electrons. The maximum atomic E-state index is 5.67. The number of halogens is 1. The van der Waals surface area contributed by atoms with Gasteiger partial charge in [-0.1, -0.05) is 24.3 Å². The molecule has 0 unspecified atom stereocenters. The van der Waals surface area contributed by atoms with E-state index in [-0.39, 0.29) is 24.0 Å². The minimum atomic E-state index is 0. The molecule has 0 bridgehead atoms. The lowest BCUT2D eigenvalue weighted by Crippen LogP contribution is -2.49. The lowest BCUT2D eigenvalue weighted by atomic mass is 10.0. The van der Waals surface area contributed by atoms with Gasteiger partial charge in [0.15, 0.2) is 5.96 Å². The predicted molar refractivity (Wildman–Crippen MR) is 123 cm³/mol. The summed E-state index contributed by atoms with van der Waals surface area (Å²) in [6, 6.07) is 9.21. The van der Waals surface area contributed by atoms with Gasteiger partial charge in [-0.3, -0.25) is 9.89 Å². The molecule has 0 aromatic heterocycles. The Morgan fingerprint density at radius 1 is 1.19 bits per heavy atom. The van der Waals surface area contributed by atoms with E-state index in [1.54, 1.807) is 0 Å². The topological polar surface area (TPSA) is 48.9 Å². The Labute approximate surface area is 181 Å². The van der Waals surface area contributed by atoms with Crippen molar-refractivity contribution >= 4 is 29.9 Å². The minimum Gasteiger partial charge on any atom is -0.379 e. The molecule has 0 radical (unpaired) electrons. The Hall–Kier alpha value is -0.860. The number of benzene rings is 1. The molecule has 6 heteroatoms. The number of piperidine rings is 1. The lowest BCUT2D eigenvalue weighted by molar-refractivity contribution is 0.129. The maximum Gasteiger partial charge on any atom is 0.191 e. The molecular weight excluding hydrogens is 451 g/mol. The molecule has 2 N–H and O–H groups in total. The first-order chi connectivity index (χ1) is 12.7. The molecule has 1 aliphatic heterocycles. The monoisotopic (exact) mass is 486 g/mol. The number of guanidine groups is 1. The molecule has 27 heavy (non-hydrogen) atoms. The highest BCUT2D eigenvalue weighted by atomic mass is 127. The molecule has 2 fully saturated rings. The number of likely N-dealkylation sites (tertiary alicyclic amines) is 1. The zero-order valence-electron chi connectivity index (χ0n) is 16.7. The molecular formula is C21H35IN4O. The SMILES string of the molecule is CN=C(NCCOCC1CC1)NC1CCN(Cc2ccccc2C)CC1.I. The minimum absolute atomic E-state index is 0. The molecule has 1 heterocycles. The van der Waals surface area contributed by atoms with E-state index in [2.05, 4.69) is 51.7 Å². The summed E-state index contributed by atoms with van der Waals surface area (Å²) in [6.45, 7) is 8.02. The fourth-order valence-electron chi connectivity index (χ4n) is 3.43. The highest BCUT2D eigenvalue weighted by Crippen LogP contribution is 2.28. The van der Waals surface area contributed by atoms with Crippen molar-refractivity contribution in [2.45, 2.75) is 45.2 Å². The van der Waals surface area contributed by atoms with Crippen LogP contribution >= 0.6 is 24.0 Å². The van der Waals surface area contributed by atoms with Gasteiger partial charge in [0, 0.05) is 45.9 Å². The number of aliphatic imine (C=N–C) groups is 1. The van der Waals surface area contributed by atoms with E-state index < -0.39 is 0 Å². The summed E-state index contributed by atoms with van der Waals surface area (Å²) < 4.78 is 5.67. The van der Waals surface area contributed by atoms with Crippen molar-refractivity contribution in [3.05, 3.63) is 35.4 Å². The van der Waals surface area contributed by atoms with Crippen molar-refractivity contribution in [3.8, 4) is 0 Å². The molecule has 3 rings (SSSR count). The number of hydrogen-bond acceptors (Lipinski definition) is 3. The van der Waals surface area contributed by atoms with E-state index in [1.165, 1.54) is 24.0 Å². The molecule has 1 aromatic rings. The van der Waals surface area contributed by atoms with Crippen LogP contribution in [0.4, 0.5) is 0 Å². The fraction of sp³-hybridized carbons (Fsp3) is 0.667. The van der Waals surface area contributed by atoms with Crippen molar-refractivity contribution < 1.29 is 4.74 Å². The van der Waals surface area contributed by atoms with Gasteiger partial charge >= 0.3 is 0 Å². The first kappa shape index (κ1) is 22.4. The third-order valence-corrected chi connectivity index (χ3v) is 5.40. The molecule has 0 amide bonds. The maximum absolute atomic E-state index is 5.67. The van der Waals surface area contributed by atoms with Crippen LogP contribution in [0.15, 0.2) is 29.3 Å². The third kappa shape index (κ3) is 7.95. The second-order valence-corrected chi connectivity index (χ2v) is 7.64. The van der Waals surface area contributed by atoms with Gasteiger partial charge in [-0.25, -0.2) is 0 Å². The Bertz CT molecular complexity index is 583. The molecule has 5 nitrogen and oxygen atoms in total. The molecule has 1 saturated heterocycles. The van der Waals surface area contributed by atoms with Gasteiger partial charge in [0.1, 0.15) is 0 Å². The summed E-state index contributed by atoms with van der Waals surface area (Å²) in [5.41, 5.74) is 2.84. The summed E-state index contributed by atoms with van der Waals surface area (Å²) in [6.07, 6.45) is 5.01. The van der Waals surface area contributed by atoms with Crippen LogP contribution in [-0.4, -0.2) is 56.8 Å². The molecule has 1 aromatic carbocycles. The zero-order valence-corrected chi connectivity index (χ0v) is 19.1. The van der Waals surface area contributed by atoms with Gasteiger partial charge in [-0.15, -0.1) is 24.0 Å². The van der Waals surface area contributed by atoms with Gasteiger partial charge in [0.05, 0.1) is 6.61 Å². The highest BCUT2D eigenvalue weighted by molar-refractivity contribution is 14.0. The van der Waals surface area contributed by atoms with Crippen LogP contribution in [0.25, 0.3) is 0 Å². The number of nitrogens with zero attached hydrogens (tertiary/aromatic N) is 2. The first-order valence-electron chi connectivity index (χ1n) is 10.1. The average molecular weight is 486 g/mol. The van der Waals surface area contributed by atoms with E-state index >= 15 is 0 Å². The van der Waals surface area contributed by atoms with Crippen LogP contribution in [0.3, 0.4) is 0 Å². The van der Waals surface area contributed by atoms with Crippen molar-refractivity contribution in [3.63, 3.8) is 0 Å². The van der Waals surface area contributed by atoms with Crippen LogP contribution in [0, 0.1) is 12.8 Å². The summed E-state index contributed by atoms with van der Waals surface area (Å²) in [4.78, 5) is 6.91. The highest BCUT2D eigenvalue weighted by Gasteiger charge is 2.21. The Kier molecular flexibility index (Phi) is 9.86. The van der Waals surface area contributed by atoms with Crippen molar-refractivity contribution in [1.29, 1.82) is 0 Å². The normalized spacial score (nSPS) is 18.8. The van der Waals surface area contributed by atoms with Gasteiger partial charge in [-0.05, 0) is 49.7 Å². The van der Waals surface area contributed by atoms with E-state index in [0.29, 0.717) is 6.04 Å². The zero-order chi connectivity index (χ0) is 18.2. The Balaban J connectivity index is 0.00000261. The van der Waals surface area contributed by atoms with Crippen LogP contribution in [0.5, 0.6) is 0 Å². The van der Waals surface area contributed by atoms with Crippen LogP contribution < -0.4 is 10.6 Å². The van der Waals surface area contributed by atoms with E-state index in [0.717, 1.165) is 64.1 Å². The number of rotatable bonds is 8. The fourth-order valence-corrected chi connectivity index (χ4v) is 3.43. The largest absolute Gasteiger partial charge is 0.379 e. The average Bonchev–Trinajstić information content (AvgIpc) is 3.48. The second kappa shape index (κ2) is 11.9. The number of nitrogens with one attached hydrogen (secondary N) is 2. The smallest absolute Gasteiger partial charge is 0.191 e. The van der Waals surface area contributed by atoms with Gasteiger partial charge < -0.3 is 15.4 Å². The van der Waals surface area contributed by atoms with Crippen LogP contribution in [0.2, 0.25) is 0 Å².